The molecule has 3 unspecified atom stereocenters. The number of hydrogen-bond donors (Lipinski definition) is 1. The van der Waals surface area contributed by atoms with E-state index in [1.165, 1.54) is 25.7 Å². The first kappa shape index (κ1) is 9.12. The van der Waals surface area contributed by atoms with Gasteiger partial charge in [0, 0.05) is 13.6 Å². The molecule has 0 amide bonds. The van der Waals surface area contributed by atoms with Gasteiger partial charge in [-0.1, -0.05) is 11.5 Å². The van der Waals surface area contributed by atoms with Gasteiger partial charge in [0.1, 0.15) is 0 Å². The largest absolute Gasteiger partial charge is 0.353 e. The summed E-state index contributed by atoms with van der Waals surface area (Å²) in [5.41, 5.74) is 0. The van der Waals surface area contributed by atoms with E-state index >= 15 is 0 Å². The van der Waals surface area contributed by atoms with Gasteiger partial charge in [0.25, 0.3) is 0 Å². The molecule has 0 aliphatic heterocycles. The predicted molar refractivity (Wildman–Crippen MR) is 56.2 cm³/mol. The maximum atomic E-state index is 3.93. The van der Waals surface area contributed by atoms with Gasteiger partial charge in [0.15, 0.2) is 0 Å². The summed E-state index contributed by atoms with van der Waals surface area (Å²) in [4.78, 5) is 0. The number of aryl methyl sites for hydroxylation is 1. The van der Waals surface area contributed by atoms with Crippen molar-refractivity contribution in [1.82, 2.24) is 20.2 Å². The van der Waals surface area contributed by atoms with E-state index in [1.807, 2.05) is 7.05 Å². The second kappa shape index (κ2) is 3.47. The van der Waals surface area contributed by atoms with Gasteiger partial charge < -0.3 is 5.32 Å². The molecular formula is C10H17N5. The monoisotopic (exact) mass is 207 g/mol. The van der Waals surface area contributed by atoms with Crippen LogP contribution in [0.25, 0.3) is 0 Å². The highest BCUT2D eigenvalue weighted by molar-refractivity contribution is 5.21. The Bertz CT molecular complexity index is 347. The van der Waals surface area contributed by atoms with Crippen molar-refractivity contribution in [3.8, 4) is 0 Å². The Labute approximate surface area is 89.2 Å². The SMILES string of the molecule is Cn1nnnc1NCC1CC2CCC1C2. The van der Waals surface area contributed by atoms with Crippen molar-refractivity contribution >= 4 is 5.95 Å². The maximum Gasteiger partial charge on any atom is 0.242 e. The quantitative estimate of drug-likeness (QED) is 0.805. The molecule has 3 atom stereocenters. The van der Waals surface area contributed by atoms with E-state index in [-0.39, 0.29) is 0 Å². The molecule has 2 aliphatic rings. The zero-order valence-corrected chi connectivity index (χ0v) is 9.06. The highest BCUT2D eigenvalue weighted by Crippen LogP contribution is 2.48. The van der Waals surface area contributed by atoms with Crippen LogP contribution < -0.4 is 5.32 Å². The van der Waals surface area contributed by atoms with E-state index in [2.05, 4.69) is 20.8 Å². The minimum atomic E-state index is 0.790. The summed E-state index contributed by atoms with van der Waals surface area (Å²) in [7, 11) is 1.86. The molecule has 2 bridgehead atoms. The second-order valence-corrected chi connectivity index (χ2v) is 4.94. The molecule has 3 rings (SSSR count). The predicted octanol–water partition coefficient (Wildman–Crippen LogP) is 1.06. The number of anilines is 1. The molecule has 1 heterocycles. The zero-order chi connectivity index (χ0) is 10.3. The summed E-state index contributed by atoms with van der Waals surface area (Å²) in [5, 5.41) is 14.7. The van der Waals surface area contributed by atoms with Crippen LogP contribution in [0.2, 0.25) is 0 Å². The lowest BCUT2D eigenvalue weighted by Gasteiger charge is -2.21. The average Bonchev–Trinajstić information content (AvgIpc) is 2.90. The second-order valence-electron chi connectivity index (χ2n) is 4.94. The minimum absolute atomic E-state index is 0.790. The van der Waals surface area contributed by atoms with Crippen LogP contribution in [0.3, 0.4) is 0 Å². The van der Waals surface area contributed by atoms with Crippen molar-refractivity contribution in [2.45, 2.75) is 25.7 Å². The van der Waals surface area contributed by atoms with Crippen LogP contribution in [-0.4, -0.2) is 26.8 Å². The van der Waals surface area contributed by atoms with Crippen molar-refractivity contribution in [3.63, 3.8) is 0 Å². The molecule has 5 nitrogen and oxygen atoms in total. The van der Waals surface area contributed by atoms with Gasteiger partial charge >= 0.3 is 0 Å². The van der Waals surface area contributed by atoms with Crippen molar-refractivity contribution in [1.29, 1.82) is 0 Å². The first-order valence-electron chi connectivity index (χ1n) is 5.79. The first-order chi connectivity index (χ1) is 7.33. The van der Waals surface area contributed by atoms with Crippen molar-refractivity contribution in [2.24, 2.45) is 24.8 Å². The number of hydrogen-bond acceptors (Lipinski definition) is 4. The van der Waals surface area contributed by atoms with E-state index in [0.29, 0.717) is 0 Å². The topological polar surface area (TPSA) is 55.6 Å². The lowest BCUT2D eigenvalue weighted by atomic mass is 9.89. The molecule has 0 saturated heterocycles. The zero-order valence-electron chi connectivity index (χ0n) is 9.06. The summed E-state index contributed by atoms with van der Waals surface area (Å²) in [6.07, 6.45) is 5.77. The highest BCUT2D eigenvalue weighted by atomic mass is 15.6. The summed E-state index contributed by atoms with van der Waals surface area (Å²) in [5.74, 6) is 3.61. The van der Waals surface area contributed by atoms with Crippen molar-refractivity contribution < 1.29 is 0 Å². The van der Waals surface area contributed by atoms with E-state index in [4.69, 9.17) is 0 Å². The molecule has 2 fully saturated rings. The minimum Gasteiger partial charge on any atom is -0.353 e. The Hall–Kier alpha value is -1.13. The van der Waals surface area contributed by atoms with E-state index in [0.717, 1.165) is 30.2 Å². The standard InChI is InChI=1S/C10H17N5/c1-15-10(12-13-14-15)11-6-9-5-7-2-3-8(9)4-7/h7-9H,2-6H2,1H3,(H,11,12,14). The number of nitrogens with zero attached hydrogens (tertiary/aromatic N) is 4. The number of aromatic nitrogens is 4. The number of fused-ring (bicyclic) bond motifs is 2. The fraction of sp³-hybridized carbons (Fsp3) is 0.900. The van der Waals surface area contributed by atoms with E-state index in [1.54, 1.807) is 4.68 Å². The molecule has 0 aromatic carbocycles. The molecule has 2 saturated carbocycles. The molecule has 1 aromatic heterocycles. The van der Waals surface area contributed by atoms with Gasteiger partial charge in [0.05, 0.1) is 0 Å². The Morgan fingerprint density at radius 1 is 1.40 bits per heavy atom. The van der Waals surface area contributed by atoms with E-state index < -0.39 is 0 Å². The molecular weight excluding hydrogens is 190 g/mol. The fourth-order valence-corrected chi connectivity index (χ4v) is 3.23. The van der Waals surface area contributed by atoms with Crippen LogP contribution in [-0.2, 0) is 7.05 Å². The molecule has 5 heteroatoms. The smallest absolute Gasteiger partial charge is 0.242 e. The molecule has 82 valence electrons. The van der Waals surface area contributed by atoms with Crippen LogP contribution in [0, 0.1) is 17.8 Å². The Morgan fingerprint density at radius 3 is 2.93 bits per heavy atom. The Kier molecular flexibility index (Phi) is 2.11. The van der Waals surface area contributed by atoms with E-state index in [9.17, 15) is 0 Å². The normalized spacial score (nSPS) is 33.5. The molecule has 1 aromatic rings. The number of nitrogens with one attached hydrogen (secondary N) is 1. The van der Waals surface area contributed by atoms with Gasteiger partial charge in [0.2, 0.25) is 5.95 Å². The lowest BCUT2D eigenvalue weighted by Crippen LogP contribution is -2.21. The molecule has 1 N–H and O–H groups in total. The first-order valence-corrected chi connectivity index (χ1v) is 5.79. The molecule has 0 spiro atoms. The third-order valence-corrected chi connectivity index (χ3v) is 4.03. The maximum absolute atomic E-state index is 3.93. The van der Waals surface area contributed by atoms with Gasteiger partial charge in [-0.15, -0.1) is 0 Å². The van der Waals surface area contributed by atoms with Gasteiger partial charge in [-0.2, -0.15) is 0 Å². The Morgan fingerprint density at radius 2 is 2.33 bits per heavy atom. The third kappa shape index (κ3) is 1.60. The highest BCUT2D eigenvalue weighted by Gasteiger charge is 2.39. The molecule has 0 radical (unpaired) electrons. The van der Waals surface area contributed by atoms with Crippen LogP contribution in [0.1, 0.15) is 25.7 Å². The van der Waals surface area contributed by atoms with Crippen molar-refractivity contribution in [3.05, 3.63) is 0 Å². The van der Waals surface area contributed by atoms with Gasteiger partial charge in [-0.05, 0) is 47.4 Å². The van der Waals surface area contributed by atoms with Crippen LogP contribution >= 0.6 is 0 Å². The fourth-order valence-electron chi connectivity index (χ4n) is 3.23. The van der Waals surface area contributed by atoms with Crippen molar-refractivity contribution in [2.75, 3.05) is 11.9 Å². The van der Waals surface area contributed by atoms with Crippen LogP contribution in [0.15, 0.2) is 0 Å². The number of rotatable bonds is 3. The van der Waals surface area contributed by atoms with Gasteiger partial charge in [-0.3, -0.25) is 0 Å². The summed E-state index contributed by atoms with van der Waals surface area (Å²) < 4.78 is 1.69. The average molecular weight is 207 g/mol. The van der Waals surface area contributed by atoms with Crippen LogP contribution in [0.4, 0.5) is 5.95 Å². The molecule has 15 heavy (non-hydrogen) atoms. The van der Waals surface area contributed by atoms with Gasteiger partial charge in [-0.25, -0.2) is 4.68 Å². The summed E-state index contributed by atoms with van der Waals surface area (Å²) in [6.45, 7) is 1.04. The lowest BCUT2D eigenvalue weighted by molar-refractivity contribution is 0.347. The number of tetrazole rings is 1. The molecule has 2 aliphatic carbocycles. The summed E-state index contributed by atoms with van der Waals surface area (Å²) >= 11 is 0. The van der Waals surface area contributed by atoms with Crippen LogP contribution in [0.5, 0.6) is 0 Å². The third-order valence-electron chi connectivity index (χ3n) is 4.03. The summed E-state index contributed by atoms with van der Waals surface area (Å²) in [6, 6.07) is 0. The Balaban J connectivity index is 1.57.